The van der Waals surface area contributed by atoms with Gasteiger partial charge in [-0.2, -0.15) is 0 Å². The highest BCUT2D eigenvalue weighted by molar-refractivity contribution is 5.95. The van der Waals surface area contributed by atoms with Crippen molar-refractivity contribution in [2.75, 3.05) is 11.9 Å². The van der Waals surface area contributed by atoms with Crippen LogP contribution in [0.15, 0.2) is 42.5 Å². The highest BCUT2D eigenvalue weighted by Crippen LogP contribution is 2.18. The van der Waals surface area contributed by atoms with Crippen LogP contribution in [-0.2, 0) is 14.3 Å². The molecule has 0 heterocycles. The summed E-state index contributed by atoms with van der Waals surface area (Å²) in [5, 5.41) is 4.91. The van der Waals surface area contributed by atoms with Crippen LogP contribution in [0.5, 0.6) is 0 Å². The van der Waals surface area contributed by atoms with E-state index < -0.39 is 0 Å². The standard InChI is InChI=1S/C18H21NO3/c1-3-6-13(2)18(21)22-12-17(20)19-16-10-9-14-7-4-5-8-15(14)11-16/h4-5,7-11,13H,3,6,12H2,1-2H3,(H,19,20)/t13-/m1/s1. The minimum Gasteiger partial charge on any atom is -0.455 e. The second kappa shape index (κ2) is 7.59. The van der Waals surface area contributed by atoms with Gasteiger partial charge in [0.1, 0.15) is 0 Å². The quantitative estimate of drug-likeness (QED) is 0.826. The summed E-state index contributed by atoms with van der Waals surface area (Å²) in [6.45, 7) is 3.57. The highest BCUT2D eigenvalue weighted by Gasteiger charge is 2.15. The molecule has 2 rings (SSSR count). The first kappa shape index (κ1) is 16.0. The molecule has 0 aliphatic rings. The number of fused-ring (bicyclic) bond motifs is 1. The number of carbonyl (C=O) groups is 2. The Kier molecular flexibility index (Phi) is 5.53. The van der Waals surface area contributed by atoms with E-state index in [0.29, 0.717) is 5.69 Å². The molecule has 0 aliphatic heterocycles. The number of benzene rings is 2. The summed E-state index contributed by atoms with van der Waals surface area (Å²) in [5.74, 6) is -0.818. The third-order valence-corrected chi connectivity index (χ3v) is 3.50. The molecule has 0 fully saturated rings. The first-order valence-corrected chi connectivity index (χ1v) is 7.55. The molecule has 22 heavy (non-hydrogen) atoms. The Balaban J connectivity index is 1.89. The summed E-state index contributed by atoms with van der Waals surface area (Å²) in [6, 6.07) is 13.6. The Bertz CT molecular complexity index is 666. The van der Waals surface area contributed by atoms with E-state index in [-0.39, 0.29) is 24.4 Å². The average Bonchev–Trinajstić information content (AvgIpc) is 2.52. The number of nitrogens with one attached hydrogen (secondary N) is 1. The molecule has 0 saturated carbocycles. The fraction of sp³-hybridized carbons (Fsp3) is 0.333. The fourth-order valence-electron chi connectivity index (χ4n) is 2.29. The van der Waals surface area contributed by atoms with Gasteiger partial charge in [-0.05, 0) is 29.3 Å². The normalized spacial score (nSPS) is 11.9. The maximum absolute atomic E-state index is 11.8. The number of rotatable bonds is 6. The SMILES string of the molecule is CCC[C@@H](C)C(=O)OCC(=O)Nc1ccc2ccccc2c1. The lowest BCUT2D eigenvalue weighted by molar-refractivity contribution is -0.151. The molecule has 1 atom stereocenters. The van der Waals surface area contributed by atoms with Crippen molar-refractivity contribution in [3.8, 4) is 0 Å². The number of ether oxygens (including phenoxy) is 1. The molecule has 0 saturated heterocycles. The average molecular weight is 299 g/mol. The molecule has 0 aliphatic carbocycles. The van der Waals surface area contributed by atoms with Crippen molar-refractivity contribution in [1.82, 2.24) is 0 Å². The van der Waals surface area contributed by atoms with Crippen molar-refractivity contribution in [2.24, 2.45) is 5.92 Å². The van der Waals surface area contributed by atoms with E-state index >= 15 is 0 Å². The zero-order valence-corrected chi connectivity index (χ0v) is 13.0. The molecule has 4 heteroatoms. The van der Waals surface area contributed by atoms with E-state index in [2.05, 4.69) is 5.32 Å². The summed E-state index contributed by atoms with van der Waals surface area (Å²) in [6.07, 6.45) is 1.69. The van der Waals surface area contributed by atoms with Gasteiger partial charge in [0.25, 0.3) is 5.91 Å². The van der Waals surface area contributed by atoms with Crippen molar-refractivity contribution >= 4 is 28.3 Å². The van der Waals surface area contributed by atoms with Crippen molar-refractivity contribution in [2.45, 2.75) is 26.7 Å². The van der Waals surface area contributed by atoms with Gasteiger partial charge in [-0.3, -0.25) is 9.59 Å². The van der Waals surface area contributed by atoms with Gasteiger partial charge >= 0.3 is 5.97 Å². The highest BCUT2D eigenvalue weighted by atomic mass is 16.5. The van der Waals surface area contributed by atoms with E-state index in [4.69, 9.17) is 4.74 Å². The Labute approximate surface area is 130 Å². The van der Waals surface area contributed by atoms with Gasteiger partial charge in [-0.1, -0.05) is 50.6 Å². The monoisotopic (exact) mass is 299 g/mol. The van der Waals surface area contributed by atoms with Gasteiger partial charge < -0.3 is 10.1 Å². The van der Waals surface area contributed by atoms with Crippen LogP contribution in [0.4, 0.5) is 5.69 Å². The van der Waals surface area contributed by atoms with E-state index in [0.717, 1.165) is 23.6 Å². The minimum atomic E-state index is -0.327. The molecule has 0 bridgehead atoms. The largest absolute Gasteiger partial charge is 0.455 e. The lowest BCUT2D eigenvalue weighted by Crippen LogP contribution is -2.23. The van der Waals surface area contributed by atoms with Crippen molar-refractivity contribution in [3.05, 3.63) is 42.5 Å². The first-order valence-electron chi connectivity index (χ1n) is 7.55. The summed E-state index contributed by atoms with van der Waals surface area (Å²) < 4.78 is 5.03. The maximum atomic E-state index is 11.8. The molecule has 1 amide bonds. The van der Waals surface area contributed by atoms with Gasteiger partial charge in [0.2, 0.25) is 0 Å². The fourth-order valence-corrected chi connectivity index (χ4v) is 2.29. The smallest absolute Gasteiger partial charge is 0.309 e. The zero-order valence-electron chi connectivity index (χ0n) is 13.0. The van der Waals surface area contributed by atoms with Crippen molar-refractivity contribution in [1.29, 1.82) is 0 Å². The molecule has 2 aromatic carbocycles. The number of anilines is 1. The first-order chi connectivity index (χ1) is 10.6. The van der Waals surface area contributed by atoms with Crippen molar-refractivity contribution in [3.63, 3.8) is 0 Å². The number of hydrogen-bond donors (Lipinski definition) is 1. The molecule has 4 nitrogen and oxygen atoms in total. The molecule has 0 spiro atoms. The summed E-state index contributed by atoms with van der Waals surface area (Å²) in [5.41, 5.74) is 0.696. The van der Waals surface area contributed by atoms with Gasteiger partial charge in [-0.15, -0.1) is 0 Å². The van der Waals surface area contributed by atoms with Crippen LogP contribution in [0, 0.1) is 5.92 Å². The number of carbonyl (C=O) groups excluding carboxylic acids is 2. The number of amides is 1. The Morgan fingerprint density at radius 2 is 1.86 bits per heavy atom. The summed E-state index contributed by atoms with van der Waals surface area (Å²) in [7, 11) is 0. The Hall–Kier alpha value is -2.36. The van der Waals surface area contributed by atoms with Gasteiger partial charge in [0.15, 0.2) is 6.61 Å². The number of hydrogen-bond acceptors (Lipinski definition) is 3. The molecule has 0 unspecified atom stereocenters. The topological polar surface area (TPSA) is 55.4 Å². The zero-order chi connectivity index (χ0) is 15.9. The molecule has 116 valence electrons. The molecule has 0 aromatic heterocycles. The van der Waals surface area contributed by atoms with E-state index in [9.17, 15) is 9.59 Å². The van der Waals surface area contributed by atoms with E-state index in [1.54, 1.807) is 0 Å². The number of esters is 1. The maximum Gasteiger partial charge on any atom is 0.309 e. The third kappa shape index (κ3) is 4.32. The molecule has 1 N–H and O–H groups in total. The summed E-state index contributed by atoms with van der Waals surface area (Å²) >= 11 is 0. The van der Waals surface area contributed by atoms with Gasteiger partial charge in [0, 0.05) is 5.69 Å². The van der Waals surface area contributed by atoms with Crippen LogP contribution in [0.1, 0.15) is 26.7 Å². The van der Waals surface area contributed by atoms with Crippen LogP contribution < -0.4 is 5.32 Å². The van der Waals surface area contributed by atoms with Gasteiger partial charge in [-0.25, -0.2) is 0 Å². The summed E-state index contributed by atoms with van der Waals surface area (Å²) in [4.78, 5) is 23.5. The van der Waals surface area contributed by atoms with E-state index in [1.165, 1.54) is 0 Å². The molecular weight excluding hydrogens is 278 g/mol. The Morgan fingerprint density at radius 3 is 2.59 bits per heavy atom. The molecule has 2 aromatic rings. The second-order valence-electron chi connectivity index (χ2n) is 5.41. The van der Waals surface area contributed by atoms with Crippen LogP contribution in [0.25, 0.3) is 10.8 Å². The molecule has 0 radical (unpaired) electrons. The minimum absolute atomic E-state index is 0.168. The predicted octanol–water partition coefficient (Wildman–Crippen LogP) is 3.76. The van der Waals surface area contributed by atoms with E-state index in [1.807, 2.05) is 56.3 Å². The van der Waals surface area contributed by atoms with Gasteiger partial charge in [0.05, 0.1) is 5.92 Å². The Morgan fingerprint density at radius 1 is 1.14 bits per heavy atom. The molecular formula is C18H21NO3. The van der Waals surface area contributed by atoms with Crippen LogP contribution in [0.2, 0.25) is 0 Å². The lowest BCUT2D eigenvalue weighted by atomic mass is 10.1. The predicted molar refractivity (Wildman–Crippen MR) is 87.6 cm³/mol. The lowest BCUT2D eigenvalue weighted by Gasteiger charge is -2.11. The van der Waals surface area contributed by atoms with Crippen molar-refractivity contribution < 1.29 is 14.3 Å². The van der Waals surface area contributed by atoms with Crippen LogP contribution in [-0.4, -0.2) is 18.5 Å². The van der Waals surface area contributed by atoms with Crippen LogP contribution in [0.3, 0.4) is 0 Å². The second-order valence-corrected chi connectivity index (χ2v) is 5.41. The van der Waals surface area contributed by atoms with Crippen LogP contribution >= 0.6 is 0 Å². The third-order valence-electron chi connectivity index (χ3n) is 3.50.